The fourth-order valence-electron chi connectivity index (χ4n) is 1.18. The van der Waals surface area contributed by atoms with E-state index in [-0.39, 0.29) is 13.0 Å². The number of unbranched alkanes of at least 4 members (excludes halogenated alkanes) is 1. The molecule has 0 fully saturated rings. The molecule has 16 heavy (non-hydrogen) atoms. The molecule has 0 bridgehead atoms. The Balaban J connectivity index is 3.88. The number of carbonyl (C=O) groups excluding carboxylic acids is 1. The highest BCUT2D eigenvalue weighted by Crippen LogP contribution is 1.97. The van der Waals surface area contributed by atoms with E-state index in [9.17, 15) is 9.59 Å². The van der Waals surface area contributed by atoms with Crippen LogP contribution in [-0.2, 0) is 14.3 Å². The molecule has 0 aliphatic carbocycles. The summed E-state index contributed by atoms with van der Waals surface area (Å²) in [7, 11) is 0. The normalized spacial score (nSPS) is 12.1. The molecule has 0 aromatic carbocycles. The molecule has 0 saturated heterocycles. The van der Waals surface area contributed by atoms with Gasteiger partial charge in [-0.25, -0.2) is 0 Å². The van der Waals surface area contributed by atoms with Gasteiger partial charge >= 0.3 is 11.9 Å². The van der Waals surface area contributed by atoms with E-state index < -0.39 is 18.0 Å². The Bertz CT molecular complexity index is 221. The van der Waals surface area contributed by atoms with Crippen molar-refractivity contribution in [2.45, 2.75) is 32.2 Å². The Morgan fingerprint density at radius 1 is 1.44 bits per heavy atom. The third-order valence-corrected chi connectivity index (χ3v) is 2.00. The van der Waals surface area contributed by atoms with Gasteiger partial charge in [0.25, 0.3) is 0 Å². The van der Waals surface area contributed by atoms with Gasteiger partial charge in [-0.3, -0.25) is 9.59 Å². The van der Waals surface area contributed by atoms with Crippen LogP contribution in [0.3, 0.4) is 0 Å². The van der Waals surface area contributed by atoms with Crippen molar-refractivity contribution in [3.05, 3.63) is 0 Å². The summed E-state index contributed by atoms with van der Waals surface area (Å²) in [5.41, 5.74) is 5.31. The second kappa shape index (κ2) is 9.11. The lowest BCUT2D eigenvalue weighted by molar-refractivity contribution is -0.149. The van der Waals surface area contributed by atoms with E-state index in [0.29, 0.717) is 13.1 Å². The van der Waals surface area contributed by atoms with Crippen LogP contribution in [0.4, 0.5) is 0 Å². The first-order valence-corrected chi connectivity index (χ1v) is 5.43. The van der Waals surface area contributed by atoms with Crippen LogP contribution < -0.4 is 11.1 Å². The Morgan fingerprint density at radius 2 is 2.12 bits per heavy atom. The quantitative estimate of drug-likeness (QED) is 0.373. The molecule has 0 aromatic rings. The van der Waals surface area contributed by atoms with Crippen LogP contribution in [0.5, 0.6) is 0 Å². The van der Waals surface area contributed by atoms with E-state index in [1.54, 1.807) is 6.92 Å². The maximum atomic E-state index is 11.1. The van der Waals surface area contributed by atoms with Crippen LogP contribution in [0.15, 0.2) is 0 Å². The molecule has 0 aromatic heterocycles. The smallest absolute Gasteiger partial charge is 0.321 e. The summed E-state index contributed by atoms with van der Waals surface area (Å²) in [5, 5.41) is 11.6. The molecule has 0 saturated carbocycles. The largest absolute Gasteiger partial charge is 0.480 e. The molecule has 0 aliphatic heterocycles. The third-order valence-electron chi connectivity index (χ3n) is 2.00. The maximum absolute atomic E-state index is 11.1. The van der Waals surface area contributed by atoms with Crippen LogP contribution in [0, 0.1) is 0 Å². The number of rotatable bonds is 9. The van der Waals surface area contributed by atoms with Crippen LogP contribution in [0.2, 0.25) is 0 Å². The number of hydrogen-bond acceptors (Lipinski definition) is 5. The molecule has 4 N–H and O–H groups in total. The van der Waals surface area contributed by atoms with Gasteiger partial charge in [0.05, 0.1) is 13.0 Å². The first-order chi connectivity index (χ1) is 7.61. The zero-order valence-corrected chi connectivity index (χ0v) is 9.57. The highest BCUT2D eigenvalue weighted by Gasteiger charge is 2.20. The number of carboxylic acid groups (broad SMARTS) is 1. The van der Waals surface area contributed by atoms with Gasteiger partial charge in [-0.2, -0.15) is 0 Å². The lowest BCUT2D eigenvalue weighted by Crippen LogP contribution is -2.39. The summed E-state index contributed by atoms with van der Waals surface area (Å²) >= 11 is 0. The van der Waals surface area contributed by atoms with E-state index in [1.807, 2.05) is 0 Å². The van der Waals surface area contributed by atoms with Gasteiger partial charge in [0, 0.05) is 0 Å². The minimum Gasteiger partial charge on any atom is -0.480 e. The van der Waals surface area contributed by atoms with Crippen molar-refractivity contribution >= 4 is 11.9 Å². The summed E-state index contributed by atoms with van der Waals surface area (Å²) in [5.74, 6) is -1.54. The van der Waals surface area contributed by atoms with Crippen LogP contribution in [0.1, 0.15) is 26.2 Å². The van der Waals surface area contributed by atoms with Crippen LogP contribution in [-0.4, -0.2) is 42.8 Å². The lowest BCUT2D eigenvalue weighted by Gasteiger charge is -2.13. The molecule has 0 aliphatic rings. The van der Waals surface area contributed by atoms with E-state index in [2.05, 4.69) is 10.1 Å². The molecular formula is C10H20N2O4. The second-order valence-corrected chi connectivity index (χ2v) is 3.35. The van der Waals surface area contributed by atoms with E-state index in [0.717, 1.165) is 12.8 Å². The Kier molecular flexibility index (Phi) is 8.46. The molecule has 94 valence electrons. The summed E-state index contributed by atoms with van der Waals surface area (Å²) in [6.07, 6.45) is 1.48. The van der Waals surface area contributed by atoms with Crippen LogP contribution in [0.25, 0.3) is 0 Å². The first kappa shape index (κ1) is 14.9. The second-order valence-electron chi connectivity index (χ2n) is 3.35. The van der Waals surface area contributed by atoms with Crippen molar-refractivity contribution in [1.82, 2.24) is 5.32 Å². The van der Waals surface area contributed by atoms with E-state index in [1.165, 1.54) is 0 Å². The number of esters is 1. The highest BCUT2D eigenvalue weighted by molar-refractivity contribution is 5.81. The zero-order chi connectivity index (χ0) is 12.4. The SMILES string of the molecule is CCOC(=O)CC(NCCCCN)C(=O)O. The highest BCUT2D eigenvalue weighted by atomic mass is 16.5. The van der Waals surface area contributed by atoms with Crippen molar-refractivity contribution in [3.8, 4) is 0 Å². The van der Waals surface area contributed by atoms with Gasteiger partial charge in [-0.15, -0.1) is 0 Å². The molecule has 6 nitrogen and oxygen atoms in total. The maximum Gasteiger partial charge on any atom is 0.321 e. The Hall–Kier alpha value is -1.14. The zero-order valence-electron chi connectivity index (χ0n) is 9.57. The predicted octanol–water partition coefficient (Wildman–Crippen LogP) is -0.279. The van der Waals surface area contributed by atoms with Crippen molar-refractivity contribution in [3.63, 3.8) is 0 Å². The number of ether oxygens (including phenoxy) is 1. The van der Waals surface area contributed by atoms with Gasteiger partial charge < -0.3 is 20.9 Å². The van der Waals surface area contributed by atoms with Crippen LogP contribution >= 0.6 is 0 Å². The summed E-state index contributed by atoms with van der Waals surface area (Å²) in [6.45, 7) is 3.06. The monoisotopic (exact) mass is 232 g/mol. The molecule has 1 unspecified atom stereocenters. The van der Waals surface area contributed by atoms with E-state index >= 15 is 0 Å². The Labute approximate surface area is 95.1 Å². The van der Waals surface area contributed by atoms with Gasteiger partial charge in [0.1, 0.15) is 6.04 Å². The average molecular weight is 232 g/mol. The number of carbonyl (C=O) groups is 2. The molecule has 0 spiro atoms. The van der Waals surface area contributed by atoms with Gasteiger partial charge in [-0.1, -0.05) is 0 Å². The standard InChI is InChI=1S/C10H20N2O4/c1-2-16-9(13)7-8(10(14)15)12-6-4-3-5-11/h8,12H,2-7,11H2,1H3,(H,14,15). The van der Waals surface area contributed by atoms with Crippen molar-refractivity contribution < 1.29 is 19.4 Å². The number of hydrogen-bond donors (Lipinski definition) is 3. The lowest BCUT2D eigenvalue weighted by atomic mass is 10.2. The molecule has 0 amide bonds. The van der Waals surface area contributed by atoms with Gasteiger partial charge in [0.15, 0.2) is 0 Å². The molecule has 0 radical (unpaired) electrons. The third kappa shape index (κ3) is 7.19. The first-order valence-electron chi connectivity index (χ1n) is 5.43. The van der Waals surface area contributed by atoms with Crippen molar-refractivity contribution in [2.24, 2.45) is 5.73 Å². The summed E-state index contributed by atoms with van der Waals surface area (Å²) in [4.78, 5) is 21.9. The summed E-state index contributed by atoms with van der Waals surface area (Å²) < 4.78 is 4.69. The number of aliphatic carboxylic acids is 1. The van der Waals surface area contributed by atoms with Gasteiger partial charge in [0.2, 0.25) is 0 Å². The average Bonchev–Trinajstić information content (AvgIpc) is 2.22. The van der Waals surface area contributed by atoms with Crippen molar-refractivity contribution in [2.75, 3.05) is 19.7 Å². The number of carboxylic acids is 1. The minimum atomic E-state index is -1.04. The van der Waals surface area contributed by atoms with E-state index in [4.69, 9.17) is 10.8 Å². The fraction of sp³-hybridized carbons (Fsp3) is 0.800. The minimum absolute atomic E-state index is 0.147. The fourth-order valence-corrected chi connectivity index (χ4v) is 1.18. The van der Waals surface area contributed by atoms with Crippen molar-refractivity contribution in [1.29, 1.82) is 0 Å². The topological polar surface area (TPSA) is 102 Å². The molecule has 0 heterocycles. The molecule has 0 rings (SSSR count). The molecule has 1 atom stereocenters. The Morgan fingerprint density at radius 3 is 2.62 bits per heavy atom. The number of nitrogens with two attached hydrogens (primary N) is 1. The number of nitrogens with one attached hydrogen (secondary N) is 1. The predicted molar refractivity (Wildman–Crippen MR) is 59.0 cm³/mol. The van der Waals surface area contributed by atoms with Gasteiger partial charge in [-0.05, 0) is 32.9 Å². The molecular weight excluding hydrogens is 212 g/mol. The summed E-state index contributed by atoms with van der Waals surface area (Å²) in [6, 6.07) is -0.878. The molecule has 6 heteroatoms.